The predicted octanol–water partition coefficient (Wildman–Crippen LogP) is 4.63. The molecule has 0 atom stereocenters. The number of amides is 1. The lowest BCUT2D eigenvalue weighted by atomic mass is 10.1. The summed E-state index contributed by atoms with van der Waals surface area (Å²) in [5.41, 5.74) is 0.137. The summed E-state index contributed by atoms with van der Waals surface area (Å²) in [4.78, 5) is 15.9. The van der Waals surface area contributed by atoms with Crippen molar-refractivity contribution in [1.82, 2.24) is 10.1 Å². The van der Waals surface area contributed by atoms with Crippen molar-refractivity contribution >= 4 is 23.4 Å². The SMILES string of the molecule is O=C(CSCc1nc(-c2cccc(C(F)(F)F)c2)no1)Nc1ccccc1. The van der Waals surface area contributed by atoms with E-state index in [-0.39, 0.29) is 34.7 Å². The van der Waals surface area contributed by atoms with Gasteiger partial charge in [-0.15, -0.1) is 11.8 Å². The molecule has 2 aromatic carbocycles. The second-order valence-electron chi connectivity index (χ2n) is 5.50. The third-order valence-electron chi connectivity index (χ3n) is 3.43. The van der Waals surface area contributed by atoms with Crippen molar-refractivity contribution < 1.29 is 22.5 Å². The Morgan fingerprint density at radius 1 is 1.11 bits per heavy atom. The normalized spacial score (nSPS) is 11.4. The van der Waals surface area contributed by atoms with E-state index in [0.717, 1.165) is 12.1 Å². The van der Waals surface area contributed by atoms with Crippen molar-refractivity contribution in [2.45, 2.75) is 11.9 Å². The van der Waals surface area contributed by atoms with Crippen LogP contribution >= 0.6 is 11.8 Å². The number of aromatic nitrogens is 2. The van der Waals surface area contributed by atoms with Crippen LogP contribution in [0.4, 0.5) is 18.9 Å². The zero-order chi connectivity index (χ0) is 19.3. The zero-order valence-electron chi connectivity index (χ0n) is 13.9. The number of nitrogens with zero attached hydrogens (tertiary/aromatic N) is 2. The van der Waals surface area contributed by atoms with Gasteiger partial charge in [0.05, 0.1) is 17.1 Å². The molecule has 140 valence electrons. The summed E-state index contributed by atoms with van der Waals surface area (Å²) in [6, 6.07) is 13.8. The molecule has 3 aromatic rings. The number of rotatable bonds is 6. The molecular weight excluding hydrogens is 379 g/mol. The Morgan fingerprint density at radius 3 is 2.63 bits per heavy atom. The first-order valence-electron chi connectivity index (χ1n) is 7.85. The third kappa shape index (κ3) is 5.33. The maximum atomic E-state index is 12.8. The number of anilines is 1. The number of carbonyl (C=O) groups is 1. The second-order valence-corrected chi connectivity index (χ2v) is 6.48. The maximum Gasteiger partial charge on any atom is 0.416 e. The van der Waals surface area contributed by atoms with Gasteiger partial charge >= 0.3 is 6.18 Å². The summed E-state index contributed by atoms with van der Waals surface area (Å²) < 4.78 is 43.4. The first-order valence-corrected chi connectivity index (χ1v) is 9.00. The maximum absolute atomic E-state index is 12.8. The minimum Gasteiger partial charge on any atom is -0.338 e. The molecule has 0 aliphatic rings. The van der Waals surface area contributed by atoms with Crippen LogP contribution in [0.25, 0.3) is 11.4 Å². The lowest BCUT2D eigenvalue weighted by Crippen LogP contribution is -2.13. The van der Waals surface area contributed by atoms with Gasteiger partial charge in [-0.25, -0.2) is 0 Å². The van der Waals surface area contributed by atoms with Gasteiger partial charge in [0.15, 0.2) is 0 Å². The molecule has 0 spiro atoms. The average Bonchev–Trinajstić information content (AvgIpc) is 3.11. The van der Waals surface area contributed by atoms with Gasteiger partial charge in [-0.2, -0.15) is 18.2 Å². The number of para-hydroxylation sites is 1. The topological polar surface area (TPSA) is 68.0 Å². The zero-order valence-corrected chi connectivity index (χ0v) is 14.7. The van der Waals surface area contributed by atoms with Crippen LogP contribution in [0.2, 0.25) is 0 Å². The average molecular weight is 393 g/mol. The Balaban J connectivity index is 1.55. The number of alkyl halides is 3. The van der Waals surface area contributed by atoms with Crippen LogP contribution in [0.1, 0.15) is 11.5 Å². The molecular formula is C18H14F3N3O2S. The summed E-state index contributed by atoms with van der Waals surface area (Å²) in [5.74, 6) is 0.582. The number of benzene rings is 2. The Kier molecular flexibility index (Phi) is 5.80. The highest BCUT2D eigenvalue weighted by Gasteiger charge is 2.30. The van der Waals surface area contributed by atoms with E-state index in [1.54, 1.807) is 12.1 Å². The third-order valence-corrected chi connectivity index (χ3v) is 4.35. The molecule has 9 heteroatoms. The predicted molar refractivity (Wildman–Crippen MR) is 96.0 cm³/mol. The number of hydrogen-bond acceptors (Lipinski definition) is 5. The standard InChI is InChI=1S/C18H14F3N3O2S/c19-18(20,21)13-6-4-5-12(9-13)17-23-16(26-24-17)11-27-10-15(25)22-14-7-2-1-3-8-14/h1-9H,10-11H2,(H,22,25). The summed E-state index contributed by atoms with van der Waals surface area (Å²) in [6.07, 6.45) is -4.44. The minimum absolute atomic E-state index is 0.0745. The van der Waals surface area contributed by atoms with E-state index < -0.39 is 11.7 Å². The summed E-state index contributed by atoms with van der Waals surface area (Å²) in [5, 5.41) is 6.45. The van der Waals surface area contributed by atoms with Gasteiger partial charge in [-0.3, -0.25) is 4.79 Å². The fraction of sp³-hybridized carbons (Fsp3) is 0.167. The van der Waals surface area contributed by atoms with Crippen molar-refractivity contribution in [2.75, 3.05) is 11.1 Å². The van der Waals surface area contributed by atoms with E-state index >= 15 is 0 Å². The minimum atomic E-state index is -4.44. The van der Waals surface area contributed by atoms with E-state index in [0.29, 0.717) is 5.69 Å². The van der Waals surface area contributed by atoms with Crippen LogP contribution in [0, 0.1) is 0 Å². The van der Waals surface area contributed by atoms with Gasteiger partial charge in [-0.05, 0) is 24.3 Å². The molecule has 0 aliphatic carbocycles. The summed E-state index contributed by atoms with van der Waals surface area (Å²) in [7, 11) is 0. The molecule has 1 heterocycles. The highest BCUT2D eigenvalue weighted by Crippen LogP contribution is 2.31. The van der Waals surface area contributed by atoms with Crippen molar-refractivity contribution in [3.05, 3.63) is 66.1 Å². The molecule has 0 fully saturated rings. The van der Waals surface area contributed by atoms with Crippen LogP contribution in [-0.4, -0.2) is 21.8 Å². The molecule has 0 aliphatic heterocycles. The molecule has 1 N–H and O–H groups in total. The van der Waals surface area contributed by atoms with Crippen molar-refractivity contribution in [3.63, 3.8) is 0 Å². The van der Waals surface area contributed by atoms with Gasteiger partial charge in [0, 0.05) is 11.3 Å². The number of hydrogen-bond donors (Lipinski definition) is 1. The molecule has 27 heavy (non-hydrogen) atoms. The van der Waals surface area contributed by atoms with Gasteiger partial charge < -0.3 is 9.84 Å². The number of carbonyl (C=O) groups excluding carboxylic acids is 1. The molecule has 5 nitrogen and oxygen atoms in total. The van der Waals surface area contributed by atoms with Gasteiger partial charge in [0.1, 0.15) is 0 Å². The van der Waals surface area contributed by atoms with Crippen molar-refractivity contribution in [3.8, 4) is 11.4 Å². The lowest BCUT2D eigenvalue weighted by molar-refractivity contribution is -0.137. The monoisotopic (exact) mass is 393 g/mol. The van der Waals surface area contributed by atoms with Crippen LogP contribution in [0.15, 0.2) is 59.1 Å². The van der Waals surface area contributed by atoms with Crippen LogP contribution < -0.4 is 5.32 Å². The van der Waals surface area contributed by atoms with E-state index in [1.165, 1.54) is 23.9 Å². The Hall–Kier alpha value is -2.81. The van der Waals surface area contributed by atoms with Crippen LogP contribution in [-0.2, 0) is 16.7 Å². The lowest BCUT2D eigenvalue weighted by Gasteiger charge is -2.06. The molecule has 0 unspecified atom stereocenters. The first-order chi connectivity index (χ1) is 12.9. The molecule has 1 amide bonds. The van der Waals surface area contributed by atoms with E-state index in [2.05, 4.69) is 15.5 Å². The Morgan fingerprint density at radius 2 is 1.89 bits per heavy atom. The first kappa shape index (κ1) is 19.0. The van der Waals surface area contributed by atoms with E-state index in [1.807, 2.05) is 18.2 Å². The van der Waals surface area contributed by atoms with E-state index in [4.69, 9.17) is 4.52 Å². The summed E-state index contributed by atoms with van der Waals surface area (Å²) in [6.45, 7) is 0. The number of halogens is 3. The smallest absolute Gasteiger partial charge is 0.338 e. The second kappa shape index (κ2) is 8.26. The molecule has 0 saturated carbocycles. The molecule has 1 aromatic heterocycles. The van der Waals surface area contributed by atoms with Gasteiger partial charge in [0.25, 0.3) is 0 Å². The van der Waals surface area contributed by atoms with Crippen LogP contribution in [0.3, 0.4) is 0 Å². The number of nitrogens with one attached hydrogen (secondary N) is 1. The quantitative estimate of drug-likeness (QED) is 0.662. The molecule has 0 radical (unpaired) electrons. The highest BCUT2D eigenvalue weighted by molar-refractivity contribution is 7.99. The Labute approximate surface area is 157 Å². The fourth-order valence-electron chi connectivity index (χ4n) is 2.21. The van der Waals surface area contributed by atoms with E-state index in [9.17, 15) is 18.0 Å². The molecule has 0 bridgehead atoms. The van der Waals surface area contributed by atoms with Crippen LogP contribution in [0.5, 0.6) is 0 Å². The van der Waals surface area contributed by atoms with Crippen molar-refractivity contribution in [1.29, 1.82) is 0 Å². The number of thioether (sulfide) groups is 1. The fourth-order valence-corrected chi connectivity index (χ4v) is 2.87. The Bertz CT molecular complexity index is 913. The van der Waals surface area contributed by atoms with Gasteiger partial charge in [-0.1, -0.05) is 35.5 Å². The van der Waals surface area contributed by atoms with Gasteiger partial charge in [0.2, 0.25) is 17.6 Å². The molecule has 3 rings (SSSR count). The molecule has 0 saturated heterocycles. The highest BCUT2D eigenvalue weighted by atomic mass is 32.2. The summed E-state index contributed by atoms with van der Waals surface area (Å²) >= 11 is 1.26. The largest absolute Gasteiger partial charge is 0.416 e. The van der Waals surface area contributed by atoms with Crippen molar-refractivity contribution in [2.24, 2.45) is 0 Å².